The number of carbonyl (C=O) groups is 1. The van der Waals surface area contributed by atoms with Gasteiger partial charge in [0.1, 0.15) is 0 Å². The molecule has 4 rings (SSSR count). The van der Waals surface area contributed by atoms with E-state index in [1.54, 1.807) is 11.3 Å². The van der Waals surface area contributed by atoms with E-state index in [2.05, 4.69) is 45.9 Å². The monoisotopic (exact) mass is 357 g/mol. The lowest BCUT2D eigenvalue weighted by molar-refractivity contribution is -0.117. The van der Waals surface area contributed by atoms with Gasteiger partial charge in [-0.05, 0) is 30.7 Å². The van der Waals surface area contributed by atoms with Gasteiger partial charge in [-0.25, -0.2) is 4.98 Å². The summed E-state index contributed by atoms with van der Waals surface area (Å²) in [6.07, 6.45) is 3.55. The Morgan fingerprint density at radius 2 is 2.24 bits per heavy atom. The second-order valence-electron chi connectivity index (χ2n) is 6.72. The zero-order valence-corrected chi connectivity index (χ0v) is 15.0. The van der Waals surface area contributed by atoms with Crippen molar-refractivity contribution in [2.45, 2.75) is 37.6 Å². The van der Waals surface area contributed by atoms with Crippen LogP contribution in [0.15, 0.2) is 30.3 Å². The number of hydrogen-bond acceptors (Lipinski definition) is 5. The van der Waals surface area contributed by atoms with E-state index in [0.717, 1.165) is 43.2 Å². The summed E-state index contributed by atoms with van der Waals surface area (Å²) in [5, 5.41) is 7.02. The Morgan fingerprint density at radius 3 is 3.04 bits per heavy atom. The van der Waals surface area contributed by atoms with Crippen molar-refractivity contribution >= 4 is 22.4 Å². The first kappa shape index (κ1) is 16.7. The molecular weight excluding hydrogens is 334 g/mol. The number of morpholine rings is 1. The standard InChI is InChI=1S/C19H23N3O2S/c23-18(11-15-12-24-9-8-20-15)22-19-21-16-7-6-14(10-17(16)25-19)13-4-2-1-3-5-13/h1-5,14-15,20H,6-12H2,(H,21,22,23). The maximum Gasteiger partial charge on any atom is 0.227 e. The van der Waals surface area contributed by atoms with Gasteiger partial charge >= 0.3 is 0 Å². The molecule has 1 fully saturated rings. The molecule has 2 aliphatic rings. The van der Waals surface area contributed by atoms with E-state index in [0.29, 0.717) is 18.9 Å². The van der Waals surface area contributed by atoms with Crippen LogP contribution in [-0.2, 0) is 22.4 Å². The maximum atomic E-state index is 12.2. The molecule has 1 aliphatic heterocycles. The third-order valence-corrected chi connectivity index (χ3v) is 5.92. The number of benzene rings is 1. The van der Waals surface area contributed by atoms with E-state index in [1.807, 2.05) is 0 Å². The van der Waals surface area contributed by atoms with Gasteiger partial charge in [-0.2, -0.15) is 0 Å². The van der Waals surface area contributed by atoms with Crippen molar-refractivity contribution in [2.75, 3.05) is 25.1 Å². The molecule has 0 radical (unpaired) electrons. The van der Waals surface area contributed by atoms with Gasteiger partial charge < -0.3 is 15.4 Å². The molecule has 0 saturated carbocycles. The molecule has 1 saturated heterocycles. The minimum absolute atomic E-state index is 0.00806. The molecule has 5 nitrogen and oxygen atoms in total. The molecule has 2 unspecified atom stereocenters. The number of ether oxygens (including phenoxy) is 1. The Kier molecular flexibility index (Phi) is 5.10. The van der Waals surface area contributed by atoms with Gasteiger partial charge in [0.05, 0.1) is 18.9 Å². The van der Waals surface area contributed by atoms with E-state index >= 15 is 0 Å². The SMILES string of the molecule is O=C(CC1COCCN1)Nc1nc2c(s1)CC(c1ccccc1)CC2. The summed E-state index contributed by atoms with van der Waals surface area (Å²) in [4.78, 5) is 18.2. The largest absolute Gasteiger partial charge is 0.378 e. The first-order valence-corrected chi connectivity index (χ1v) is 9.74. The van der Waals surface area contributed by atoms with Crippen molar-refractivity contribution in [3.63, 3.8) is 0 Å². The van der Waals surface area contributed by atoms with Crippen LogP contribution in [0.3, 0.4) is 0 Å². The molecule has 2 N–H and O–H groups in total. The Morgan fingerprint density at radius 1 is 1.36 bits per heavy atom. The number of aryl methyl sites for hydroxylation is 1. The molecule has 2 aromatic rings. The van der Waals surface area contributed by atoms with Gasteiger partial charge in [0.25, 0.3) is 0 Å². The van der Waals surface area contributed by atoms with Crippen molar-refractivity contribution in [3.8, 4) is 0 Å². The summed E-state index contributed by atoms with van der Waals surface area (Å²) in [7, 11) is 0. The highest BCUT2D eigenvalue weighted by Crippen LogP contribution is 2.36. The summed E-state index contributed by atoms with van der Waals surface area (Å²) >= 11 is 1.63. The third kappa shape index (κ3) is 4.08. The normalized spacial score (nSPS) is 23.0. The topological polar surface area (TPSA) is 63.2 Å². The highest BCUT2D eigenvalue weighted by molar-refractivity contribution is 7.15. The summed E-state index contributed by atoms with van der Waals surface area (Å²) < 4.78 is 5.40. The second kappa shape index (κ2) is 7.64. The van der Waals surface area contributed by atoms with Gasteiger partial charge in [0.2, 0.25) is 5.91 Å². The third-order valence-electron chi connectivity index (χ3n) is 4.89. The van der Waals surface area contributed by atoms with Gasteiger partial charge in [0, 0.05) is 23.9 Å². The van der Waals surface area contributed by atoms with Crippen molar-refractivity contribution in [1.29, 1.82) is 0 Å². The quantitative estimate of drug-likeness (QED) is 0.883. The first-order chi connectivity index (χ1) is 12.3. The van der Waals surface area contributed by atoms with Crippen LogP contribution in [0.2, 0.25) is 0 Å². The minimum atomic E-state index is 0.00806. The molecule has 1 aliphatic carbocycles. The number of amides is 1. The summed E-state index contributed by atoms with van der Waals surface area (Å²) in [6.45, 7) is 2.13. The summed E-state index contributed by atoms with van der Waals surface area (Å²) in [5.41, 5.74) is 2.56. The molecule has 6 heteroatoms. The van der Waals surface area contributed by atoms with E-state index in [-0.39, 0.29) is 11.9 Å². The molecule has 1 amide bonds. The predicted molar refractivity (Wildman–Crippen MR) is 99.2 cm³/mol. The van der Waals surface area contributed by atoms with Crippen molar-refractivity contribution < 1.29 is 9.53 Å². The number of nitrogens with one attached hydrogen (secondary N) is 2. The lowest BCUT2D eigenvalue weighted by Crippen LogP contribution is -2.43. The number of nitrogens with zero attached hydrogens (tertiary/aromatic N) is 1. The molecule has 2 atom stereocenters. The average molecular weight is 357 g/mol. The van der Waals surface area contributed by atoms with Gasteiger partial charge in [-0.15, -0.1) is 11.3 Å². The number of carbonyl (C=O) groups excluding carboxylic acids is 1. The Balaban J connectivity index is 1.37. The number of hydrogen-bond donors (Lipinski definition) is 2. The summed E-state index contributed by atoms with van der Waals surface area (Å²) in [6, 6.07) is 10.8. The van der Waals surface area contributed by atoms with Gasteiger partial charge in [0.15, 0.2) is 5.13 Å². The average Bonchev–Trinajstić information content (AvgIpc) is 3.04. The van der Waals surface area contributed by atoms with E-state index < -0.39 is 0 Å². The smallest absolute Gasteiger partial charge is 0.227 e. The van der Waals surface area contributed by atoms with E-state index in [9.17, 15) is 4.79 Å². The van der Waals surface area contributed by atoms with Crippen molar-refractivity contribution in [3.05, 3.63) is 46.5 Å². The van der Waals surface area contributed by atoms with Crippen LogP contribution >= 0.6 is 11.3 Å². The van der Waals surface area contributed by atoms with Crippen molar-refractivity contribution in [1.82, 2.24) is 10.3 Å². The highest BCUT2D eigenvalue weighted by Gasteiger charge is 2.24. The van der Waals surface area contributed by atoms with Crippen LogP contribution in [0.4, 0.5) is 5.13 Å². The Bertz CT molecular complexity index is 726. The summed E-state index contributed by atoms with van der Waals surface area (Å²) in [5.74, 6) is 0.565. The zero-order chi connectivity index (χ0) is 17.1. The predicted octanol–water partition coefficient (Wildman–Crippen LogP) is 2.73. The van der Waals surface area contributed by atoms with Crippen LogP contribution in [0.5, 0.6) is 0 Å². The van der Waals surface area contributed by atoms with Crippen molar-refractivity contribution in [2.24, 2.45) is 0 Å². The first-order valence-electron chi connectivity index (χ1n) is 8.92. The van der Waals surface area contributed by atoms with Crippen LogP contribution in [-0.4, -0.2) is 36.7 Å². The Hall–Kier alpha value is -1.76. The lowest BCUT2D eigenvalue weighted by Gasteiger charge is -2.22. The number of anilines is 1. The van der Waals surface area contributed by atoms with E-state index in [1.165, 1.54) is 10.4 Å². The fourth-order valence-corrected chi connectivity index (χ4v) is 4.69. The van der Waals surface area contributed by atoms with Gasteiger partial charge in [-0.3, -0.25) is 4.79 Å². The molecule has 1 aromatic heterocycles. The lowest BCUT2D eigenvalue weighted by atomic mass is 9.85. The fourth-order valence-electron chi connectivity index (χ4n) is 3.58. The maximum absolute atomic E-state index is 12.2. The molecule has 1 aromatic carbocycles. The van der Waals surface area contributed by atoms with Crippen LogP contribution in [0.25, 0.3) is 0 Å². The Labute approximate surface area is 151 Å². The molecule has 0 spiro atoms. The second-order valence-corrected chi connectivity index (χ2v) is 7.80. The minimum Gasteiger partial charge on any atom is -0.378 e. The molecule has 2 heterocycles. The molecule has 132 valence electrons. The number of rotatable bonds is 4. The molecule has 0 bridgehead atoms. The molecule has 25 heavy (non-hydrogen) atoms. The van der Waals surface area contributed by atoms with Crippen LogP contribution in [0, 0.1) is 0 Å². The fraction of sp³-hybridized carbons (Fsp3) is 0.474. The molecular formula is C19H23N3O2S. The zero-order valence-electron chi connectivity index (χ0n) is 14.2. The van der Waals surface area contributed by atoms with Gasteiger partial charge in [-0.1, -0.05) is 30.3 Å². The number of fused-ring (bicyclic) bond motifs is 1. The van der Waals surface area contributed by atoms with Crippen LogP contribution in [0.1, 0.15) is 34.9 Å². The van der Waals surface area contributed by atoms with Crippen LogP contribution < -0.4 is 10.6 Å². The number of thiazole rings is 1. The van der Waals surface area contributed by atoms with E-state index in [4.69, 9.17) is 4.74 Å². The highest BCUT2D eigenvalue weighted by atomic mass is 32.1. The number of aromatic nitrogens is 1.